The smallest absolute Gasteiger partial charge is 0.157 e. The minimum atomic E-state index is -0.0854. The Bertz CT molecular complexity index is 590. The maximum atomic E-state index is 9.04. The van der Waals surface area contributed by atoms with Gasteiger partial charge in [0.2, 0.25) is 0 Å². The highest BCUT2D eigenvalue weighted by molar-refractivity contribution is 5.41. The fourth-order valence-corrected chi connectivity index (χ4v) is 1.73. The van der Waals surface area contributed by atoms with E-state index in [9.17, 15) is 0 Å². The number of allylic oxidation sites excluding steroid dienone is 2. The molecule has 0 spiro atoms. The van der Waals surface area contributed by atoms with Gasteiger partial charge < -0.3 is 20.4 Å². The van der Waals surface area contributed by atoms with Gasteiger partial charge in [-0.2, -0.15) is 0 Å². The molecule has 0 fully saturated rings. The van der Waals surface area contributed by atoms with Crippen LogP contribution in [-0.2, 0) is 12.8 Å². The molecule has 116 valence electrons. The molecule has 0 aliphatic carbocycles. The quantitative estimate of drug-likeness (QED) is 0.513. The molecule has 0 atom stereocenters. The Morgan fingerprint density at radius 2 is 1.00 bits per heavy atom. The van der Waals surface area contributed by atoms with Crippen LogP contribution in [0.15, 0.2) is 61.7 Å². The van der Waals surface area contributed by atoms with Gasteiger partial charge in [0.1, 0.15) is 0 Å². The summed E-state index contributed by atoms with van der Waals surface area (Å²) in [7, 11) is 0. The molecule has 0 saturated carbocycles. The lowest BCUT2D eigenvalue weighted by molar-refractivity contribution is 0.403. The molecule has 0 aromatic heterocycles. The molecule has 4 heteroatoms. The number of rotatable bonds is 4. The predicted molar refractivity (Wildman–Crippen MR) is 87.3 cm³/mol. The van der Waals surface area contributed by atoms with Crippen LogP contribution in [0.5, 0.6) is 23.0 Å². The Balaban J connectivity index is 0.000000220. The number of hydrogen-bond acceptors (Lipinski definition) is 4. The molecule has 0 saturated heterocycles. The van der Waals surface area contributed by atoms with Crippen molar-refractivity contribution in [1.29, 1.82) is 0 Å². The van der Waals surface area contributed by atoms with Gasteiger partial charge in [-0.3, -0.25) is 0 Å². The second-order valence-electron chi connectivity index (χ2n) is 4.63. The van der Waals surface area contributed by atoms with E-state index in [1.165, 1.54) is 24.3 Å². The number of phenols is 4. The van der Waals surface area contributed by atoms with E-state index in [1.54, 1.807) is 24.3 Å². The second kappa shape index (κ2) is 8.42. The Morgan fingerprint density at radius 1 is 0.636 bits per heavy atom. The van der Waals surface area contributed by atoms with Crippen molar-refractivity contribution in [2.24, 2.45) is 0 Å². The molecule has 22 heavy (non-hydrogen) atoms. The monoisotopic (exact) mass is 300 g/mol. The third-order valence-electron chi connectivity index (χ3n) is 2.84. The lowest BCUT2D eigenvalue weighted by Crippen LogP contribution is -1.79. The third-order valence-corrected chi connectivity index (χ3v) is 2.84. The summed E-state index contributed by atoms with van der Waals surface area (Å²) in [5.41, 5.74) is 1.88. The highest BCUT2D eigenvalue weighted by atomic mass is 16.3. The van der Waals surface area contributed by atoms with Crippen LogP contribution in [0.4, 0.5) is 0 Å². The van der Waals surface area contributed by atoms with Crippen molar-refractivity contribution in [1.82, 2.24) is 0 Å². The van der Waals surface area contributed by atoms with Crippen LogP contribution in [0.1, 0.15) is 11.1 Å². The Morgan fingerprint density at radius 3 is 1.27 bits per heavy atom. The molecule has 2 aromatic rings. The first-order chi connectivity index (χ1) is 10.5. The summed E-state index contributed by atoms with van der Waals surface area (Å²) < 4.78 is 0. The summed E-state index contributed by atoms with van der Waals surface area (Å²) in [6.07, 6.45) is 4.89. The summed E-state index contributed by atoms with van der Waals surface area (Å²) >= 11 is 0. The van der Waals surface area contributed by atoms with Crippen LogP contribution in [0.25, 0.3) is 0 Å². The van der Waals surface area contributed by atoms with E-state index in [1.807, 2.05) is 0 Å². The van der Waals surface area contributed by atoms with Gasteiger partial charge >= 0.3 is 0 Å². The summed E-state index contributed by atoms with van der Waals surface area (Å²) in [6.45, 7) is 7.13. The van der Waals surface area contributed by atoms with Gasteiger partial charge in [0, 0.05) is 0 Å². The van der Waals surface area contributed by atoms with Gasteiger partial charge in [0.05, 0.1) is 0 Å². The summed E-state index contributed by atoms with van der Waals surface area (Å²) in [4.78, 5) is 0. The molecule has 0 unspecified atom stereocenters. The maximum Gasteiger partial charge on any atom is 0.157 e. The fraction of sp³-hybridized carbons (Fsp3) is 0.111. The standard InChI is InChI=1S/2C9H10O2/c2*1-2-3-7-4-5-8(10)9(11)6-7/h2*2,4-6,10-11H,1,3H2. The summed E-state index contributed by atoms with van der Waals surface area (Å²) in [6, 6.07) is 9.48. The first kappa shape index (κ1) is 17.2. The molecule has 0 amide bonds. The zero-order valence-electron chi connectivity index (χ0n) is 12.2. The first-order valence-corrected chi connectivity index (χ1v) is 6.71. The van der Waals surface area contributed by atoms with E-state index in [-0.39, 0.29) is 23.0 Å². The highest BCUT2D eigenvalue weighted by Crippen LogP contribution is 2.25. The number of aromatic hydroxyl groups is 4. The van der Waals surface area contributed by atoms with Crippen molar-refractivity contribution in [2.75, 3.05) is 0 Å². The number of benzene rings is 2. The summed E-state index contributed by atoms with van der Waals surface area (Å²) in [5.74, 6) is -0.329. The van der Waals surface area contributed by atoms with E-state index in [0.717, 1.165) is 11.1 Å². The van der Waals surface area contributed by atoms with Gasteiger partial charge in [-0.1, -0.05) is 24.3 Å². The van der Waals surface area contributed by atoms with Gasteiger partial charge in [0.15, 0.2) is 23.0 Å². The predicted octanol–water partition coefficient (Wildman–Crippen LogP) is 3.65. The van der Waals surface area contributed by atoms with Crippen LogP contribution in [-0.4, -0.2) is 20.4 Å². The normalized spacial score (nSPS) is 9.45. The van der Waals surface area contributed by atoms with Gasteiger partial charge in [-0.15, -0.1) is 13.2 Å². The van der Waals surface area contributed by atoms with Crippen molar-refractivity contribution < 1.29 is 20.4 Å². The van der Waals surface area contributed by atoms with Crippen molar-refractivity contribution in [3.63, 3.8) is 0 Å². The van der Waals surface area contributed by atoms with Crippen LogP contribution in [0.2, 0.25) is 0 Å². The molecule has 0 aliphatic heterocycles. The maximum absolute atomic E-state index is 9.04. The number of phenolic OH excluding ortho intramolecular Hbond substituents is 4. The van der Waals surface area contributed by atoms with Crippen molar-refractivity contribution >= 4 is 0 Å². The van der Waals surface area contributed by atoms with Crippen molar-refractivity contribution in [3.8, 4) is 23.0 Å². The molecular formula is C18H20O4. The van der Waals surface area contributed by atoms with Crippen LogP contribution >= 0.6 is 0 Å². The first-order valence-electron chi connectivity index (χ1n) is 6.71. The SMILES string of the molecule is C=CCc1ccc(O)c(O)c1.C=CCc1ccc(O)c(O)c1. The van der Waals surface area contributed by atoms with Crippen LogP contribution in [0, 0.1) is 0 Å². The van der Waals surface area contributed by atoms with Crippen LogP contribution < -0.4 is 0 Å². The second-order valence-corrected chi connectivity index (χ2v) is 4.63. The van der Waals surface area contributed by atoms with E-state index in [4.69, 9.17) is 20.4 Å². The average Bonchev–Trinajstić information content (AvgIpc) is 2.48. The fourth-order valence-electron chi connectivity index (χ4n) is 1.73. The molecular weight excluding hydrogens is 280 g/mol. The lowest BCUT2D eigenvalue weighted by atomic mass is 10.1. The van der Waals surface area contributed by atoms with Gasteiger partial charge in [-0.25, -0.2) is 0 Å². The van der Waals surface area contributed by atoms with E-state index < -0.39 is 0 Å². The van der Waals surface area contributed by atoms with Gasteiger partial charge in [0.25, 0.3) is 0 Å². The van der Waals surface area contributed by atoms with E-state index in [0.29, 0.717) is 12.8 Å². The average molecular weight is 300 g/mol. The molecule has 2 rings (SSSR count). The van der Waals surface area contributed by atoms with E-state index in [2.05, 4.69) is 13.2 Å². The van der Waals surface area contributed by atoms with E-state index >= 15 is 0 Å². The lowest BCUT2D eigenvalue weighted by Gasteiger charge is -1.99. The summed E-state index contributed by atoms with van der Waals surface area (Å²) in [5, 5.41) is 36.0. The molecule has 4 N–H and O–H groups in total. The molecule has 0 heterocycles. The third kappa shape index (κ3) is 5.25. The zero-order valence-corrected chi connectivity index (χ0v) is 12.2. The highest BCUT2D eigenvalue weighted by Gasteiger charge is 1.98. The van der Waals surface area contributed by atoms with Crippen molar-refractivity contribution in [2.45, 2.75) is 12.8 Å². The molecule has 0 bridgehead atoms. The molecule has 2 aromatic carbocycles. The molecule has 4 nitrogen and oxygen atoms in total. The number of hydrogen-bond donors (Lipinski definition) is 4. The Kier molecular flexibility index (Phi) is 6.57. The minimum Gasteiger partial charge on any atom is -0.504 e. The Labute approximate surface area is 129 Å². The van der Waals surface area contributed by atoms with Gasteiger partial charge in [-0.05, 0) is 48.2 Å². The van der Waals surface area contributed by atoms with Crippen LogP contribution in [0.3, 0.4) is 0 Å². The topological polar surface area (TPSA) is 80.9 Å². The minimum absolute atomic E-state index is 0.0793. The molecule has 0 radical (unpaired) electrons. The molecule has 0 aliphatic rings. The largest absolute Gasteiger partial charge is 0.504 e. The zero-order chi connectivity index (χ0) is 16.5. The Hall–Kier alpha value is -2.88. The van der Waals surface area contributed by atoms with Crippen molar-refractivity contribution in [3.05, 3.63) is 72.8 Å².